The highest BCUT2D eigenvalue weighted by molar-refractivity contribution is 5.90. The number of nitrogens with one attached hydrogen (secondary N) is 1. The minimum atomic E-state index is -1.22. The Morgan fingerprint density at radius 1 is 1.39 bits per heavy atom. The van der Waals surface area contributed by atoms with E-state index in [4.69, 9.17) is 10.8 Å². The van der Waals surface area contributed by atoms with Crippen LogP contribution < -0.4 is 11.1 Å². The zero-order valence-corrected chi connectivity index (χ0v) is 11.2. The van der Waals surface area contributed by atoms with Crippen LogP contribution in [0.5, 0.6) is 0 Å². The first-order chi connectivity index (χ1) is 8.11. The number of amides is 3. The molecule has 0 fully saturated rings. The van der Waals surface area contributed by atoms with Crippen molar-refractivity contribution in [1.82, 2.24) is 10.2 Å². The molecule has 0 aliphatic heterocycles. The minimum Gasteiger partial charge on any atom is -0.480 e. The smallest absolute Gasteiger partial charge is 0.323 e. The molecule has 0 aromatic carbocycles. The fraction of sp³-hybridized carbons (Fsp3) is 0.727. The number of rotatable bonds is 6. The van der Waals surface area contributed by atoms with Gasteiger partial charge in [0.25, 0.3) is 0 Å². The van der Waals surface area contributed by atoms with E-state index in [2.05, 4.69) is 5.32 Å². The van der Waals surface area contributed by atoms with Crippen LogP contribution in [0.3, 0.4) is 0 Å². The predicted molar refractivity (Wildman–Crippen MR) is 65.9 cm³/mol. The monoisotopic (exact) mass is 259 g/mol. The third-order valence-corrected chi connectivity index (χ3v) is 2.72. The summed E-state index contributed by atoms with van der Waals surface area (Å²) in [5.74, 6) is -1.79. The Labute approximate surface area is 106 Å². The molecular formula is C11H21N3O4. The van der Waals surface area contributed by atoms with E-state index in [1.165, 1.54) is 13.8 Å². The molecule has 0 saturated heterocycles. The maximum absolute atomic E-state index is 11.9. The fourth-order valence-corrected chi connectivity index (χ4v) is 1.19. The summed E-state index contributed by atoms with van der Waals surface area (Å²) in [7, 11) is 0. The Balaban J connectivity index is 4.87. The molecule has 0 saturated carbocycles. The van der Waals surface area contributed by atoms with Gasteiger partial charge < -0.3 is 21.1 Å². The molecule has 1 unspecified atom stereocenters. The molecule has 0 aliphatic carbocycles. The molecule has 7 heteroatoms. The van der Waals surface area contributed by atoms with Crippen LogP contribution in [0.2, 0.25) is 0 Å². The molecule has 0 bridgehead atoms. The number of carbonyl (C=O) groups excluding carboxylic acids is 2. The van der Waals surface area contributed by atoms with Gasteiger partial charge in [-0.2, -0.15) is 0 Å². The van der Waals surface area contributed by atoms with E-state index in [9.17, 15) is 14.4 Å². The normalized spacial score (nSPS) is 12.7. The van der Waals surface area contributed by atoms with Crippen LogP contribution in [0.15, 0.2) is 0 Å². The molecule has 0 rings (SSSR count). The number of aliphatic carboxylic acids is 1. The second kappa shape index (κ2) is 6.23. The molecule has 0 heterocycles. The largest absolute Gasteiger partial charge is 0.480 e. The third kappa shape index (κ3) is 4.60. The van der Waals surface area contributed by atoms with Gasteiger partial charge in [-0.25, -0.2) is 4.79 Å². The van der Waals surface area contributed by atoms with Gasteiger partial charge in [-0.15, -0.1) is 0 Å². The number of nitrogens with zero attached hydrogens (tertiary/aromatic N) is 1. The van der Waals surface area contributed by atoms with E-state index in [0.717, 1.165) is 4.90 Å². The zero-order chi connectivity index (χ0) is 14.5. The number of carboxylic acid groups (broad SMARTS) is 1. The van der Waals surface area contributed by atoms with Crippen LogP contribution in [-0.2, 0) is 9.59 Å². The van der Waals surface area contributed by atoms with E-state index in [1.807, 2.05) is 6.92 Å². The van der Waals surface area contributed by atoms with Crippen molar-refractivity contribution in [2.24, 2.45) is 5.73 Å². The maximum atomic E-state index is 11.9. The second-order valence-corrected chi connectivity index (χ2v) is 4.70. The first kappa shape index (κ1) is 16.2. The lowest BCUT2D eigenvalue weighted by Crippen LogP contribution is -2.58. The van der Waals surface area contributed by atoms with Crippen LogP contribution in [-0.4, -0.2) is 46.0 Å². The van der Waals surface area contributed by atoms with Crippen molar-refractivity contribution in [1.29, 1.82) is 0 Å². The van der Waals surface area contributed by atoms with Crippen molar-refractivity contribution in [2.75, 3.05) is 6.54 Å². The lowest BCUT2D eigenvalue weighted by atomic mass is 10.1. The van der Waals surface area contributed by atoms with Gasteiger partial charge in [0, 0.05) is 6.04 Å². The Hall–Kier alpha value is -1.79. The lowest BCUT2D eigenvalue weighted by molar-refractivity contribution is -0.138. The predicted octanol–water partition coefficient (Wildman–Crippen LogP) is 0.145. The molecule has 4 N–H and O–H groups in total. The summed E-state index contributed by atoms with van der Waals surface area (Å²) in [6.07, 6.45) is 0.609. The average molecular weight is 259 g/mol. The molecular weight excluding hydrogens is 238 g/mol. The van der Waals surface area contributed by atoms with E-state index < -0.39 is 30.0 Å². The summed E-state index contributed by atoms with van der Waals surface area (Å²) in [5.41, 5.74) is 3.92. The first-order valence-corrected chi connectivity index (χ1v) is 5.72. The van der Waals surface area contributed by atoms with Gasteiger partial charge in [-0.3, -0.25) is 9.59 Å². The number of primary amides is 1. The topological polar surface area (TPSA) is 113 Å². The van der Waals surface area contributed by atoms with Crippen LogP contribution in [0.1, 0.15) is 34.1 Å². The quantitative estimate of drug-likeness (QED) is 0.630. The molecule has 0 aromatic heterocycles. The van der Waals surface area contributed by atoms with Crippen LogP contribution in [0, 0.1) is 0 Å². The number of carbonyl (C=O) groups is 3. The maximum Gasteiger partial charge on any atom is 0.323 e. The molecule has 3 amide bonds. The highest BCUT2D eigenvalue weighted by Gasteiger charge is 2.31. The molecule has 104 valence electrons. The Morgan fingerprint density at radius 2 is 1.89 bits per heavy atom. The number of urea groups is 1. The Bertz CT molecular complexity index is 341. The fourth-order valence-electron chi connectivity index (χ4n) is 1.19. The molecule has 18 heavy (non-hydrogen) atoms. The SMILES string of the molecule is CCC(C)N(CC(=O)O)C(=O)NC(C)(C)C(N)=O. The van der Waals surface area contributed by atoms with Gasteiger partial charge in [0.05, 0.1) is 0 Å². The molecule has 0 aromatic rings. The highest BCUT2D eigenvalue weighted by Crippen LogP contribution is 2.07. The zero-order valence-electron chi connectivity index (χ0n) is 11.2. The van der Waals surface area contributed by atoms with Gasteiger partial charge in [-0.05, 0) is 27.2 Å². The van der Waals surface area contributed by atoms with Crippen molar-refractivity contribution < 1.29 is 19.5 Å². The molecule has 7 nitrogen and oxygen atoms in total. The van der Waals surface area contributed by atoms with Crippen molar-refractivity contribution >= 4 is 17.9 Å². The summed E-state index contributed by atoms with van der Waals surface area (Å²) in [4.78, 5) is 34.9. The Kier molecular flexibility index (Phi) is 5.61. The Morgan fingerprint density at radius 3 is 2.22 bits per heavy atom. The van der Waals surface area contributed by atoms with Gasteiger partial charge in [0.1, 0.15) is 12.1 Å². The number of hydrogen-bond donors (Lipinski definition) is 3. The summed E-state index contributed by atoms with van der Waals surface area (Å²) >= 11 is 0. The van der Waals surface area contributed by atoms with Gasteiger partial charge >= 0.3 is 12.0 Å². The van der Waals surface area contributed by atoms with E-state index in [-0.39, 0.29) is 6.04 Å². The minimum absolute atomic E-state index is 0.246. The molecule has 0 aliphatic rings. The number of hydrogen-bond acceptors (Lipinski definition) is 3. The summed E-state index contributed by atoms with van der Waals surface area (Å²) < 4.78 is 0. The third-order valence-electron chi connectivity index (χ3n) is 2.72. The molecule has 1 atom stereocenters. The van der Waals surface area contributed by atoms with Crippen LogP contribution >= 0.6 is 0 Å². The van der Waals surface area contributed by atoms with Crippen LogP contribution in [0.4, 0.5) is 4.79 Å². The van der Waals surface area contributed by atoms with Gasteiger partial charge in [-0.1, -0.05) is 6.92 Å². The van der Waals surface area contributed by atoms with Crippen molar-refractivity contribution in [2.45, 2.75) is 45.7 Å². The highest BCUT2D eigenvalue weighted by atomic mass is 16.4. The first-order valence-electron chi connectivity index (χ1n) is 5.72. The van der Waals surface area contributed by atoms with Gasteiger partial charge in [0.2, 0.25) is 5.91 Å². The number of carboxylic acids is 1. The number of nitrogens with two attached hydrogens (primary N) is 1. The average Bonchev–Trinajstić information content (AvgIpc) is 2.23. The molecule has 0 spiro atoms. The van der Waals surface area contributed by atoms with E-state index >= 15 is 0 Å². The lowest BCUT2D eigenvalue weighted by Gasteiger charge is -2.31. The van der Waals surface area contributed by atoms with Gasteiger partial charge in [0.15, 0.2) is 0 Å². The second-order valence-electron chi connectivity index (χ2n) is 4.70. The van der Waals surface area contributed by atoms with E-state index in [0.29, 0.717) is 6.42 Å². The molecule has 0 radical (unpaired) electrons. The van der Waals surface area contributed by atoms with E-state index in [1.54, 1.807) is 6.92 Å². The van der Waals surface area contributed by atoms with Crippen molar-refractivity contribution in [3.8, 4) is 0 Å². The summed E-state index contributed by atoms with van der Waals surface area (Å²) in [5, 5.41) is 11.2. The van der Waals surface area contributed by atoms with Crippen molar-refractivity contribution in [3.05, 3.63) is 0 Å². The van der Waals surface area contributed by atoms with Crippen molar-refractivity contribution in [3.63, 3.8) is 0 Å². The van der Waals surface area contributed by atoms with Crippen LogP contribution in [0.25, 0.3) is 0 Å². The summed E-state index contributed by atoms with van der Waals surface area (Å²) in [6, 6.07) is -0.861. The standard InChI is InChI=1S/C11H21N3O4/c1-5-7(2)14(6-8(15)16)10(18)13-11(3,4)9(12)17/h7H,5-6H2,1-4H3,(H2,12,17)(H,13,18)(H,15,16). The summed E-state index contributed by atoms with van der Waals surface area (Å²) in [6.45, 7) is 6.08.